The van der Waals surface area contributed by atoms with E-state index in [1.54, 1.807) is 57.2 Å². The molecule has 180 valence electrons. The lowest BCUT2D eigenvalue weighted by Gasteiger charge is -2.34. The summed E-state index contributed by atoms with van der Waals surface area (Å²) in [6.07, 6.45) is 6.93. The van der Waals surface area contributed by atoms with Gasteiger partial charge in [0.25, 0.3) is 11.8 Å². The largest absolute Gasteiger partial charge is 0.404 e. The molecule has 0 aliphatic carbocycles. The van der Waals surface area contributed by atoms with E-state index < -0.39 is 17.5 Å². The maximum absolute atomic E-state index is 12.9. The number of allylic oxidation sites excluding steroid dienone is 3. The number of amides is 4. The molecule has 1 aliphatic rings. The molecule has 4 N–H and O–H groups in total. The maximum Gasteiger partial charge on any atom is 0.269 e. The van der Waals surface area contributed by atoms with Gasteiger partial charge in [-0.1, -0.05) is 18.2 Å². The molecule has 2 rings (SSSR count). The summed E-state index contributed by atoms with van der Waals surface area (Å²) in [6, 6.07) is 6.86. The van der Waals surface area contributed by atoms with Crippen molar-refractivity contribution in [2.24, 2.45) is 10.7 Å². The second-order valence-electron chi connectivity index (χ2n) is 7.80. The molecule has 1 heterocycles. The van der Waals surface area contributed by atoms with Gasteiger partial charge in [-0.2, -0.15) is 0 Å². The SMILES string of the molecule is CCN=C(/C=C\N)N/C(C)=C/C=C1/C(=O)NC(C)(CN(C=O)C(=O)c2ccccc2C)N1C=O. The van der Waals surface area contributed by atoms with Gasteiger partial charge in [-0.3, -0.25) is 34.0 Å². The molecule has 0 bridgehead atoms. The molecule has 1 aliphatic heterocycles. The Labute approximate surface area is 198 Å². The van der Waals surface area contributed by atoms with Gasteiger partial charge in [0.2, 0.25) is 12.8 Å². The number of aliphatic imine (C=N–C) groups is 1. The van der Waals surface area contributed by atoms with Crippen LogP contribution in [0.5, 0.6) is 0 Å². The molecule has 10 heteroatoms. The molecule has 4 amide bonds. The fourth-order valence-electron chi connectivity index (χ4n) is 3.49. The summed E-state index contributed by atoms with van der Waals surface area (Å²) in [5.41, 5.74) is 5.88. The normalized spacial score (nSPS) is 19.9. The van der Waals surface area contributed by atoms with E-state index in [4.69, 9.17) is 5.73 Å². The van der Waals surface area contributed by atoms with Crippen molar-refractivity contribution in [2.45, 2.75) is 33.4 Å². The van der Waals surface area contributed by atoms with E-state index in [-0.39, 0.29) is 12.2 Å². The van der Waals surface area contributed by atoms with Crippen molar-refractivity contribution in [3.05, 3.63) is 71.2 Å². The van der Waals surface area contributed by atoms with E-state index in [1.165, 1.54) is 17.2 Å². The van der Waals surface area contributed by atoms with Crippen LogP contribution in [0, 0.1) is 6.92 Å². The van der Waals surface area contributed by atoms with E-state index in [2.05, 4.69) is 15.6 Å². The van der Waals surface area contributed by atoms with Gasteiger partial charge >= 0.3 is 0 Å². The number of aryl methyl sites for hydroxylation is 1. The number of amidine groups is 1. The number of rotatable bonds is 9. The maximum atomic E-state index is 12.9. The summed E-state index contributed by atoms with van der Waals surface area (Å²) in [5, 5.41) is 5.76. The van der Waals surface area contributed by atoms with Gasteiger partial charge in [-0.15, -0.1) is 0 Å². The number of imide groups is 1. The molecule has 1 atom stereocenters. The number of benzene rings is 1. The van der Waals surface area contributed by atoms with Gasteiger partial charge in [0.1, 0.15) is 17.2 Å². The van der Waals surface area contributed by atoms with Crippen molar-refractivity contribution >= 4 is 30.5 Å². The molecule has 0 aromatic heterocycles. The van der Waals surface area contributed by atoms with Crippen molar-refractivity contribution in [1.82, 2.24) is 20.4 Å². The first-order valence-electron chi connectivity index (χ1n) is 10.7. The topological polar surface area (TPSA) is 137 Å². The average Bonchev–Trinajstić information content (AvgIpc) is 3.04. The Kier molecular flexibility index (Phi) is 8.88. The van der Waals surface area contributed by atoms with Crippen LogP contribution in [0.25, 0.3) is 0 Å². The Hall–Kier alpha value is -4.21. The number of hydrogen-bond donors (Lipinski definition) is 3. The molecular weight excluding hydrogens is 436 g/mol. The number of nitrogens with zero attached hydrogens (tertiary/aromatic N) is 3. The van der Waals surface area contributed by atoms with Crippen LogP contribution >= 0.6 is 0 Å². The molecule has 1 fully saturated rings. The zero-order valence-electron chi connectivity index (χ0n) is 19.7. The molecular formula is C24H30N6O4. The highest BCUT2D eigenvalue weighted by molar-refractivity contribution is 6.02. The Bertz CT molecular complexity index is 1070. The van der Waals surface area contributed by atoms with Crippen LogP contribution in [0.4, 0.5) is 0 Å². The Morgan fingerprint density at radius 2 is 2.03 bits per heavy atom. The van der Waals surface area contributed by atoms with Crippen LogP contribution in [0.1, 0.15) is 36.7 Å². The monoisotopic (exact) mass is 466 g/mol. The Morgan fingerprint density at radius 3 is 2.62 bits per heavy atom. The van der Waals surface area contributed by atoms with Gasteiger partial charge in [0.15, 0.2) is 0 Å². The molecule has 1 unspecified atom stereocenters. The van der Waals surface area contributed by atoms with Gasteiger partial charge in [-0.25, -0.2) is 0 Å². The van der Waals surface area contributed by atoms with Crippen LogP contribution in [0.3, 0.4) is 0 Å². The molecule has 1 saturated heterocycles. The smallest absolute Gasteiger partial charge is 0.269 e. The lowest BCUT2D eigenvalue weighted by Crippen LogP contribution is -2.57. The Balaban J connectivity index is 2.29. The van der Waals surface area contributed by atoms with E-state index in [9.17, 15) is 19.2 Å². The number of nitrogens with one attached hydrogen (secondary N) is 2. The first-order chi connectivity index (χ1) is 16.2. The Morgan fingerprint density at radius 1 is 1.32 bits per heavy atom. The summed E-state index contributed by atoms with van der Waals surface area (Å²) >= 11 is 0. The third-order valence-electron chi connectivity index (χ3n) is 5.15. The number of carbonyl (C=O) groups is 4. The summed E-state index contributed by atoms with van der Waals surface area (Å²) in [7, 11) is 0. The van der Waals surface area contributed by atoms with E-state index >= 15 is 0 Å². The minimum Gasteiger partial charge on any atom is -0.404 e. The zero-order valence-corrected chi connectivity index (χ0v) is 19.7. The van der Waals surface area contributed by atoms with Crippen molar-refractivity contribution in [3.63, 3.8) is 0 Å². The fraction of sp³-hybridized carbons (Fsp3) is 0.292. The highest BCUT2D eigenvalue weighted by Gasteiger charge is 2.45. The third kappa shape index (κ3) is 5.97. The van der Waals surface area contributed by atoms with Crippen LogP contribution in [0.2, 0.25) is 0 Å². The van der Waals surface area contributed by atoms with E-state index in [1.807, 2.05) is 6.92 Å². The molecule has 0 saturated carbocycles. The van der Waals surface area contributed by atoms with Gasteiger partial charge in [0, 0.05) is 17.8 Å². The van der Waals surface area contributed by atoms with Crippen molar-refractivity contribution in [1.29, 1.82) is 0 Å². The highest BCUT2D eigenvalue weighted by atomic mass is 16.2. The van der Waals surface area contributed by atoms with Crippen LogP contribution in [0.15, 0.2) is 65.1 Å². The van der Waals surface area contributed by atoms with E-state index in [0.717, 1.165) is 4.90 Å². The predicted molar refractivity (Wildman–Crippen MR) is 129 cm³/mol. The molecule has 1 aromatic rings. The average molecular weight is 467 g/mol. The fourth-order valence-corrected chi connectivity index (χ4v) is 3.49. The third-order valence-corrected chi connectivity index (χ3v) is 5.15. The summed E-state index contributed by atoms with van der Waals surface area (Å²) in [5.74, 6) is -0.499. The first-order valence-corrected chi connectivity index (χ1v) is 10.7. The molecule has 10 nitrogen and oxygen atoms in total. The first kappa shape index (κ1) is 26.0. The summed E-state index contributed by atoms with van der Waals surface area (Å²) in [6.45, 7) is 7.28. The van der Waals surface area contributed by atoms with Gasteiger partial charge in [0.05, 0.1) is 6.54 Å². The van der Waals surface area contributed by atoms with Crippen LogP contribution in [-0.4, -0.2) is 59.0 Å². The van der Waals surface area contributed by atoms with Gasteiger partial charge < -0.3 is 16.4 Å². The second kappa shape index (κ2) is 11.6. The second-order valence-corrected chi connectivity index (χ2v) is 7.80. The van der Waals surface area contributed by atoms with Crippen molar-refractivity contribution in [3.8, 4) is 0 Å². The predicted octanol–water partition coefficient (Wildman–Crippen LogP) is 1.17. The summed E-state index contributed by atoms with van der Waals surface area (Å²) in [4.78, 5) is 55.7. The molecule has 1 aromatic carbocycles. The highest BCUT2D eigenvalue weighted by Crippen LogP contribution is 2.26. The van der Waals surface area contributed by atoms with Gasteiger partial charge in [-0.05, 0) is 63.8 Å². The zero-order chi connectivity index (χ0) is 25.3. The lowest BCUT2D eigenvalue weighted by atomic mass is 10.1. The number of hydrogen-bond acceptors (Lipinski definition) is 6. The van der Waals surface area contributed by atoms with Crippen LogP contribution in [-0.2, 0) is 14.4 Å². The van der Waals surface area contributed by atoms with Crippen molar-refractivity contribution in [2.75, 3.05) is 13.1 Å². The van der Waals surface area contributed by atoms with E-state index in [0.29, 0.717) is 42.0 Å². The minimum atomic E-state index is -1.32. The number of nitrogens with two attached hydrogens (primary N) is 1. The number of carbonyl (C=O) groups excluding carboxylic acids is 4. The lowest BCUT2D eigenvalue weighted by molar-refractivity contribution is -0.123. The standard InChI is InChI=1S/C24H30N6O4/c1-5-26-21(12-13-25)27-18(3)10-11-20-22(33)28-24(4,30(20)16-32)14-29(15-31)23(34)19-9-7-6-8-17(19)2/h6-13,15-16H,5,14,25H2,1-4H3,(H,26,27)(H,28,33)/b13-12-,18-10+,20-11-. The summed E-state index contributed by atoms with van der Waals surface area (Å²) < 4.78 is 0. The van der Waals surface area contributed by atoms with Crippen molar-refractivity contribution < 1.29 is 19.2 Å². The minimum absolute atomic E-state index is 0.0659. The van der Waals surface area contributed by atoms with Crippen LogP contribution < -0.4 is 16.4 Å². The molecule has 0 spiro atoms. The molecule has 34 heavy (non-hydrogen) atoms. The molecule has 0 radical (unpaired) electrons. The quantitative estimate of drug-likeness (QED) is 0.216.